The van der Waals surface area contributed by atoms with Crippen LogP contribution in [-0.4, -0.2) is 61.1 Å². The number of likely N-dealkylation sites (tertiary alicyclic amines) is 1. The number of methoxy groups -OCH3 is 1. The fourth-order valence-electron chi connectivity index (χ4n) is 3.62. The van der Waals surface area contributed by atoms with Crippen LogP contribution in [-0.2, 0) is 19.1 Å². The van der Waals surface area contributed by atoms with Crippen LogP contribution in [0.2, 0.25) is 5.02 Å². The van der Waals surface area contributed by atoms with Crippen LogP contribution < -0.4 is 5.32 Å². The van der Waals surface area contributed by atoms with Gasteiger partial charge in [-0.15, -0.1) is 0 Å². The molecule has 2 aromatic rings. The van der Waals surface area contributed by atoms with Crippen LogP contribution in [0, 0.1) is 5.92 Å². The summed E-state index contributed by atoms with van der Waals surface area (Å²) in [5.74, 6) is -1.37. The summed E-state index contributed by atoms with van der Waals surface area (Å²) in [6.07, 6.45) is 1.56. The van der Waals surface area contributed by atoms with Crippen molar-refractivity contribution in [2.24, 2.45) is 5.92 Å². The number of ether oxygens (including phenoxy) is 2. The number of H-pyrrole nitrogens is 1. The van der Waals surface area contributed by atoms with E-state index >= 15 is 0 Å². The molecule has 1 aliphatic rings. The molecule has 8 nitrogen and oxygen atoms in total. The van der Waals surface area contributed by atoms with E-state index in [0.717, 1.165) is 12.8 Å². The zero-order valence-electron chi connectivity index (χ0n) is 16.4. The second kappa shape index (κ2) is 9.28. The van der Waals surface area contributed by atoms with E-state index in [0.29, 0.717) is 41.3 Å². The molecular formula is C20H24ClN3O5. The number of esters is 2. The van der Waals surface area contributed by atoms with E-state index in [1.807, 2.05) is 4.90 Å². The number of fused-ring (bicyclic) bond motifs is 1. The second-order valence-electron chi connectivity index (χ2n) is 6.90. The highest BCUT2D eigenvalue weighted by Crippen LogP contribution is 2.34. The molecule has 0 saturated carbocycles. The van der Waals surface area contributed by atoms with Gasteiger partial charge in [0.15, 0.2) is 0 Å². The highest BCUT2D eigenvalue weighted by molar-refractivity contribution is 6.37. The van der Waals surface area contributed by atoms with Crippen LogP contribution in [0.25, 0.3) is 10.9 Å². The van der Waals surface area contributed by atoms with Crippen molar-refractivity contribution in [3.63, 3.8) is 0 Å². The molecule has 0 spiro atoms. The van der Waals surface area contributed by atoms with E-state index in [1.165, 1.54) is 7.11 Å². The Hall–Kier alpha value is -2.58. The third kappa shape index (κ3) is 4.71. The number of hydrogen-bond acceptors (Lipinski definition) is 6. The molecule has 0 radical (unpaired) electrons. The molecule has 29 heavy (non-hydrogen) atoms. The van der Waals surface area contributed by atoms with Gasteiger partial charge in [-0.05, 0) is 38.4 Å². The van der Waals surface area contributed by atoms with E-state index in [4.69, 9.17) is 21.1 Å². The lowest BCUT2D eigenvalue weighted by molar-refractivity contribution is -0.150. The number of nitrogens with one attached hydrogen (secondary N) is 2. The zero-order chi connectivity index (χ0) is 21.0. The molecule has 0 bridgehead atoms. The minimum atomic E-state index is -0.604. The summed E-state index contributed by atoms with van der Waals surface area (Å²) in [4.78, 5) is 41.7. The minimum Gasteiger partial charge on any atom is -0.466 e. The molecular weight excluding hydrogens is 398 g/mol. The lowest BCUT2D eigenvalue weighted by Crippen LogP contribution is -2.43. The number of aromatic amines is 1. The maximum absolute atomic E-state index is 12.7. The molecule has 9 heteroatoms. The van der Waals surface area contributed by atoms with Crippen LogP contribution in [0.1, 0.15) is 30.3 Å². The SMILES string of the molecule is CCOC(=O)[C@H]1CCCN(CC(=O)Nc2c(C(=O)OC)[nH]c3cccc(Cl)c23)C1. The number of hydrogen-bond donors (Lipinski definition) is 2. The predicted molar refractivity (Wildman–Crippen MR) is 109 cm³/mol. The standard InChI is InChI=1S/C20H24ClN3O5/c1-3-29-19(26)12-6-5-9-24(10-12)11-15(25)23-17-16-13(21)7-4-8-14(16)22-18(17)20(27)28-2/h4,7-8,12,22H,3,5-6,9-11H2,1-2H3,(H,23,25)/t12-/m0/s1. The van der Waals surface area contributed by atoms with Crippen molar-refractivity contribution in [2.45, 2.75) is 19.8 Å². The lowest BCUT2D eigenvalue weighted by atomic mass is 9.98. The minimum absolute atomic E-state index is 0.0909. The summed E-state index contributed by atoms with van der Waals surface area (Å²) in [7, 11) is 1.27. The van der Waals surface area contributed by atoms with Crippen LogP contribution in [0.15, 0.2) is 18.2 Å². The number of aromatic nitrogens is 1. The van der Waals surface area contributed by atoms with Crippen molar-refractivity contribution in [2.75, 3.05) is 38.7 Å². The van der Waals surface area contributed by atoms with E-state index in [1.54, 1.807) is 25.1 Å². The Balaban J connectivity index is 1.76. The number of amides is 1. The van der Waals surface area contributed by atoms with Crippen molar-refractivity contribution < 1.29 is 23.9 Å². The van der Waals surface area contributed by atoms with Gasteiger partial charge in [-0.3, -0.25) is 14.5 Å². The average molecular weight is 422 g/mol. The topological polar surface area (TPSA) is 101 Å². The molecule has 2 N–H and O–H groups in total. The third-order valence-corrected chi connectivity index (χ3v) is 5.23. The number of benzene rings is 1. The fraction of sp³-hybridized carbons (Fsp3) is 0.450. The number of piperidine rings is 1. The Morgan fingerprint density at radius 1 is 1.34 bits per heavy atom. The summed E-state index contributed by atoms with van der Waals surface area (Å²) in [6.45, 7) is 3.38. The van der Waals surface area contributed by atoms with Crippen LogP contribution in [0.4, 0.5) is 5.69 Å². The maximum atomic E-state index is 12.7. The van der Waals surface area contributed by atoms with Gasteiger partial charge in [-0.1, -0.05) is 17.7 Å². The number of carbonyl (C=O) groups is 3. The normalized spacial score (nSPS) is 17.1. The van der Waals surface area contributed by atoms with Crippen LogP contribution in [0.3, 0.4) is 0 Å². The summed E-state index contributed by atoms with van der Waals surface area (Å²) in [5.41, 5.74) is 1.04. The Kier molecular flexibility index (Phi) is 6.76. The van der Waals surface area contributed by atoms with E-state index in [9.17, 15) is 14.4 Å². The first-order valence-corrected chi connectivity index (χ1v) is 9.89. The molecule has 1 atom stereocenters. The Bertz CT molecular complexity index is 926. The summed E-state index contributed by atoms with van der Waals surface area (Å²) in [5, 5.41) is 3.75. The molecule has 1 aliphatic heterocycles. The molecule has 1 aromatic heterocycles. The van der Waals surface area contributed by atoms with Gasteiger partial charge in [-0.2, -0.15) is 0 Å². The first kappa shape index (κ1) is 21.1. The van der Waals surface area contributed by atoms with Gasteiger partial charge in [0, 0.05) is 17.4 Å². The van der Waals surface area contributed by atoms with Crippen LogP contribution >= 0.6 is 11.6 Å². The van der Waals surface area contributed by atoms with Gasteiger partial charge in [0.1, 0.15) is 5.69 Å². The Morgan fingerprint density at radius 2 is 2.14 bits per heavy atom. The van der Waals surface area contributed by atoms with Crippen molar-refractivity contribution in [3.8, 4) is 0 Å². The van der Waals surface area contributed by atoms with Gasteiger partial charge in [0.25, 0.3) is 0 Å². The molecule has 1 aromatic carbocycles. The Labute approximate surface area is 173 Å². The summed E-state index contributed by atoms with van der Waals surface area (Å²) in [6, 6.07) is 5.19. The molecule has 1 fully saturated rings. The highest BCUT2D eigenvalue weighted by atomic mass is 35.5. The molecule has 156 valence electrons. The first-order valence-electron chi connectivity index (χ1n) is 9.52. The van der Waals surface area contributed by atoms with Crippen molar-refractivity contribution in [1.29, 1.82) is 0 Å². The number of anilines is 1. The van der Waals surface area contributed by atoms with E-state index < -0.39 is 5.97 Å². The predicted octanol–water partition coefficient (Wildman–Crippen LogP) is 2.82. The quantitative estimate of drug-likeness (QED) is 0.695. The highest BCUT2D eigenvalue weighted by Gasteiger charge is 2.28. The zero-order valence-corrected chi connectivity index (χ0v) is 17.2. The largest absolute Gasteiger partial charge is 0.466 e. The third-order valence-electron chi connectivity index (χ3n) is 4.92. The smallest absolute Gasteiger partial charge is 0.356 e. The monoisotopic (exact) mass is 421 g/mol. The summed E-state index contributed by atoms with van der Waals surface area (Å²) >= 11 is 6.30. The molecule has 0 aliphatic carbocycles. The van der Waals surface area contributed by atoms with E-state index in [2.05, 4.69) is 10.3 Å². The molecule has 3 rings (SSSR count). The molecule has 1 amide bonds. The van der Waals surface area contributed by atoms with Gasteiger partial charge < -0.3 is 19.8 Å². The number of nitrogens with zero attached hydrogens (tertiary/aromatic N) is 1. The van der Waals surface area contributed by atoms with Gasteiger partial charge in [-0.25, -0.2) is 4.79 Å². The lowest BCUT2D eigenvalue weighted by Gasteiger charge is -2.30. The van der Waals surface area contributed by atoms with Crippen molar-refractivity contribution in [1.82, 2.24) is 9.88 Å². The second-order valence-corrected chi connectivity index (χ2v) is 7.31. The number of rotatable bonds is 6. The van der Waals surface area contributed by atoms with Crippen molar-refractivity contribution in [3.05, 3.63) is 28.9 Å². The molecule has 0 unspecified atom stereocenters. The van der Waals surface area contributed by atoms with Crippen LogP contribution in [0.5, 0.6) is 0 Å². The van der Waals surface area contributed by atoms with E-state index in [-0.39, 0.29) is 30.0 Å². The Morgan fingerprint density at radius 3 is 2.86 bits per heavy atom. The first-order chi connectivity index (χ1) is 13.9. The number of halogens is 1. The number of carbonyl (C=O) groups excluding carboxylic acids is 3. The van der Waals surface area contributed by atoms with Crippen molar-refractivity contribution >= 4 is 46.0 Å². The average Bonchev–Trinajstić information content (AvgIpc) is 3.07. The molecule has 1 saturated heterocycles. The van der Waals surface area contributed by atoms with Gasteiger partial charge >= 0.3 is 11.9 Å². The van der Waals surface area contributed by atoms with Gasteiger partial charge in [0.2, 0.25) is 5.91 Å². The summed E-state index contributed by atoms with van der Waals surface area (Å²) < 4.78 is 9.91. The molecule has 2 heterocycles. The fourth-order valence-corrected chi connectivity index (χ4v) is 3.89. The maximum Gasteiger partial charge on any atom is 0.356 e. The van der Waals surface area contributed by atoms with Gasteiger partial charge in [0.05, 0.1) is 36.9 Å².